The van der Waals surface area contributed by atoms with Gasteiger partial charge in [-0.25, -0.2) is 18.1 Å². The highest BCUT2D eigenvalue weighted by molar-refractivity contribution is 7.90. The fraction of sp³-hybridized carbons (Fsp3) is 0.227. The molecule has 3 rings (SSSR count). The molecule has 2 amide bonds. The van der Waals surface area contributed by atoms with Gasteiger partial charge in [-0.15, -0.1) is 0 Å². The number of carbonyl (C=O) groups excluding carboxylic acids is 1. The van der Waals surface area contributed by atoms with Gasteiger partial charge in [0.05, 0.1) is 34.7 Å². The smallest absolute Gasteiger partial charge is 0.325 e. The molecule has 2 aromatic rings. The minimum atomic E-state index is -4.63. The molecular weight excluding hydrogens is 489 g/mol. The second-order valence-corrected chi connectivity index (χ2v) is 9.38. The van der Waals surface area contributed by atoms with E-state index in [-0.39, 0.29) is 46.6 Å². The summed E-state index contributed by atoms with van der Waals surface area (Å²) in [6.07, 6.45) is -3.68. The van der Waals surface area contributed by atoms with Crippen LogP contribution >= 0.6 is 13.5 Å². The second kappa shape index (κ2) is 9.41. The van der Waals surface area contributed by atoms with Crippen molar-refractivity contribution in [1.82, 2.24) is 4.90 Å². The van der Waals surface area contributed by atoms with Crippen molar-refractivity contribution in [3.05, 3.63) is 82.0 Å². The molecule has 0 unspecified atom stereocenters. The fourth-order valence-electron chi connectivity index (χ4n) is 3.68. The topological polar surface area (TPSA) is 85.8 Å². The highest BCUT2D eigenvalue weighted by atomic mass is 32.2. The Morgan fingerprint density at radius 2 is 1.82 bits per heavy atom. The van der Waals surface area contributed by atoms with Gasteiger partial charge in [-0.05, 0) is 42.8 Å². The molecule has 0 saturated heterocycles. The van der Waals surface area contributed by atoms with Crippen LogP contribution in [0.3, 0.4) is 0 Å². The minimum absolute atomic E-state index is 0. The van der Waals surface area contributed by atoms with Gasteiger partial charge in [-0.3, -0.25) is 4.90 Å². The van der Waals surface area contributed by atoms with E-state index in [0.717, 1.165) is 34.3 Å². The van der Waals surface area contributed by atoms with E-state index in [0.29, 0.717) is 0 Å². The zero-order chi connectivity index (χ0) is 24.7. The van der Waals surface area contributed by atoms with Crippen molar-refractivity contribution in [1.29, 1.82) is 5.26 Å². The molecule has 2 aromatic carbocycles. The lowest BCUT2D eigenvalue weighted by molar-refractivity contribution is -0.137. The Morgan fingerprint density at radius 3 is 2.35 bits per heavy atom. The first-order chi connectivity index (χ1) is 15.3. The molecule has 0 bridgehead atoms. The van der Waals surface area contributed by atoms with Gasteiger partial charge < -0.3 is 4.90 Å². The number of nitrogens with zero attached hydrogens (tertiary/aromatic N) is 4. The molecule has 0 radical (unpaired) electrons. The number of anilines is 1. The zero-order valence-electron chi connectivity index (χ0n) is 18.2. The number of hydrogen-bond acceptors (Lipinski definition) is 4. The third-order valence-electron chi connectivity index (χ3n) is 5.23. The number of carbonyl (C=O) groups is 1. The fourth-order valence-corrected chi connectivity index (χ4v) is 4.63. The summed E-state index contributed by atoms with van der Waals surface area (Å²) < 4.78 is 64.4. The van der Waals surface area contributed by atoms with Gasteiger partial charge in [-0.1, -0.05) is 12.1 Å². The van der Waals surface area contributed by atoms with Gasteiger partial charge in [0.25, 0.3) is 0 Å². The van der Waals surface area contributed by atoms with Crippen molar-refractivity contribution in [2.24, 2.45) is 0 Å². The first-order valence-electron chi connectivity index (χ1n) is 9.37. The largest absolute Gasteiger partial charge is 0.416 e. The van der Waals surface area contributed by atoms with Crippen LogP contribution in [-0.2, 0) is 16.0 Å². The number of halogens is 3. The highest BCUT2D eigenvalue weighted by Crippen LogP contribution is 2.42. The van der Waals surface area contributed by atoms with Crippen molar-refractivity contribution in [2.75, 3.05) is 18.2 Å². The minimum Gasteiger partial charge on any atom is -0.325 e. The number of hydrogen-bond donors (Lipinski definition) is 0. The molecular formula is C22H19F3N4O3S2. The van der Waals surface area contributed by atoms with Gasteiger partial charge in [-0.2, -0.15) is 31.9 Å². The Labute approximate surface area is 201 Å². The maximum atomic E-state index is 13.3. The third-order valence-corrected chi connectivity index (χ3v) is 6.39. The van der Waals surface area contributed by atoms with E-state index in [1.165, 1.54) is 38.2 Å². The van der Waals surface area contributed by atoms with Gasteiger partial charge in [0.1, 0.15) is 0 Å². The lowest BCUT2D eigenvalue weighted by atomic mass is 9.97. The van der Waals surface area contributed by atoms with Crippen LogP contribution in [0.25, 0.3) is 4.85 Å². The summed E-state index contributed by atoms with van der Waals surface area (Å²) in [5.74, 6) is 0. The summed E-state index contributed by atoms with van der Waals surface area (Å²) in [5, 5.41) is 9.15. The molecule has 0 saturated carbocycles. The Bertz CT molecular complexity index is 1370. The Morgan fingerprint density at radius 1 is 1.18 bits per heavy atom. The van der Waals surface area contributed by atoms with E-state index < -0.39 is 33.6 Å². The second-order valence-electron chi connectivity index (χ2n) is 7.40. The average molecular weight is 509 g/mol. The molecule has 1 aliphatic heterocycles. The zero-order valence-corrected chi connectivity index (χ0v) is 20.0. The maximum absolute atomic E-state index is 13.3. The predicted molar refractivity (Wildman–Crippen MR) is 124 cm³/mol. The number of allylic oxidation sites excluding steroid dienone is 1. The number of alkyl halides is 3. The number of urea groups is 1. The van der Waals surface area contributed by atoms with Gasteiger partial charge in [0.2, 0.25) is 5.70 Å². The van der Waals surface area contributed by atoms with E-state index in [1.807, 2.05) is 6.07 Å². The van der Waals surface area contributed by atoms with Crippen molar-refractivity contribution in [3.8, 4) is 6.07 Å². The first kappa shape index (κ1) is 26.8. The van der Waals surface area contributed by atoms with Gasteiger partial charge >= 0.3 is 12.2 Å². The quantitative estimate of drug-likeness (QED) is 0.555. The van der Waals surface area contributed by atoms with Crippen molar-refractivity contribution in [3.63, 3.8) is 0 Å². The summed E-state index contributed by atoms with van der Waals surface area (Å²) in [6, 6.07) is 8.04. The van der Waals surface area contributed by atoms with Gasteiger partial charge in [0.15, 0.2) is 9.84 Å². The number of likely N-dealkylation sites (N-methyl/N-ethyl adjacent to an activating group) is 1. The lowest BCUT2D eigenvalue weighted by Crippen LogP contribution is -2.47. The maximum Gasteiger partial charge on any atom is 0.416 e. The highest BCUT2D eigenvalue weighted by Gasteiger charge is 2.41. The van der Waals surface area contributed by atoms with Crippen molar-refractivity contribution >= 4 is 35.1 Å². The van der Waals surface area contributed by atoms with Crippen LogP contribution in [0, 0.1) is 17.9 Å². The van der Waals surface area contributed by atoms with Crippen LogP contribution in [0.4, 0.5) is 23.7 Å². The summed E-state index contributed by atoms with van der Waals surface area (Å²) in [6.45, 7) is 9.09. The van der Waals surface area contributed by atoms with Crippen LogP contribution in [0.2, 0.25) is 0 Å². The molecule has 1 atom stereocenters. The SMILES string of the molecule is S.[C-]#[N+]C1=C(C)N(c2cccc(C(F)(F)F)c2)C(=O)N(C)[C@@H]1c1ccc(C#N)cc1S(C)(=O)=O. The predicted octanol–water partition coefficient (Wildman–Crippen LogP) is 4.86. The lowest BCUT2D eigenvalue weighted by Gasteiger charge is -2.40. The molecule has 0 aromatic heterocycles. The summed E-state index contributed by atoms with van der Waals surface area (Å²) in [4.78, 5) is 18.6. The molecule has 0 fully saturated rings. The van der Waals surface area contributed by atoms with Crippen LogP contribution < -0.4 is 4.90 Å². The summed E-state index contributed by atoms with van der Waals surface area (Å²) in [7, 11) is -2.52. The third kappa shape index (κ3) is 4.74. The number of benzene rings is 2. The molecule has 7 nitrogen and oxygen atoms in total. The monoisotopic (exact) mass is 508 g/mol. The molecule has 0 aliphatic carbocycles. The molecule has 0 N–H and O–H groups in total. The Balaban J connectivity index is 0.00000408. The van der Waals surface area contributed by atoms with E-state index in [9.17, 15) is 26.4 Å². The molecule has 12 heteroatoms. The van der Waals surface area contributed by atoms with E-state index in [2.05, 4.69) is 4.85 Å². The molecule has 178 valence electrons. The van der Waals surface area contributed by atoms with Crippen LogP contribution in [0.1, 0.15) is 29.7 Å². The van der Waals surface area contributed by atoms with Crippen molar-refractivity contribution in [2.45, 2.75) is 24.0 Å². The number of nitriles is 1. The van der Waals surface area contributed by atoms with E-state index >= 15 is 0 Å². The van der Waals surface area contributed by atoms with Crippen LogP contribution in [0.15, 0.2) is 58.8 Å². The number of sulfone groups is 1. The molecule has 0 spiro atoms. The average Bonchev–Trinajstić information content (AvgIpc) is 2.75. The van der Waals surface area contributed by atoms with Gasteiger partial charge in [0, 0.05) is 24.7 Å². The van der Waals surface area contributed by atoms with E-state index in [4.69, 9.17) is 11.8 Å². The molecule has 34 heavy (non-hydrogen) atoms. The normalized spacial score (nSPS) is 16.6. The Hall–Kier alpha value is -3.48. The Kier molecular flexibility index (Phi) is 7.41. The standard InChI is InChI=1S/C22H17F3N4O3S.H2S/c1-13-19(27-2)20(17-9-8-14(12-26)10-18(17)33(4,31)32)28(3)21(30)29(13)16-7-5-6-15(11-16)22(23,24)25;/h5-11,20H,1,3-4H3;1H2/t20-;/m1./s1. The number of rotatable bonds is 3. The summed E-state index contributed by atoms with van der Waals surface area (Å²) in [5.41, 5.74) is -0.811. The van der Waals surface area contributed by atoms with Crippen LogP contribution in [-0.4, -0.2) is 32.7 Å². The first-order valence-corrected chi connectivity index (χ1v) is 11.3. The summed E-state index contributed by atoms with van der Waals surface area (Å²) >= 11 is 0. The van der Waals surface area contributed by atoms with Crippen LogP contribution in [0.5, 0.6) is 0 Å². The molecule has 1 heterocycles. The van der Waals surface area contributed by atoms with Crippen molar-refractivity contribution < 1.29 is 26.4 Å². The molecule has 1 aliphatic rings. The van der Waals surface area contributed by atoms with E-state index in [1.54, 1.807) is 0 Å². The number of amides is 2.